The monoisotopic (exact) mass is 305 g/mol. The standard InChI is InChI=1S/C13H12BrN3O/c1-18-12-5-4-9(7-10(12)14)11-8-16-13(17-11)3-2-6-15/h4-5,7-8H,2-3H2,1H3,(H,16,17). The van der Waals surface area contributed by atoms with Crippen molar-refractivity contribution in [2.75, 3.05) is 7.11 Å². The van der Waals surface area contributed by atoms with E-state index in [9.17, 15) is 0 Å². The van der Waals surface area contributed by atoms with Crippen molar-refractivity contribution in [3.8, 4) is 23.1 Å². The fourth-order valence-electron chi connectivity index (χ4n) is 1.64. The van der Waals surface area contributed by atoms with E-state index in [0.29, 0.717) is 12.8 Å². The van der Waals surface area contributed by atoms with E-state index in [1.165, 1.54) is 0 Å². The molecule has 0 aliphatic rings. The van der Waals surface area contributed by atoms with Crippen molar-refractivity contribution >= 4 is 15.9 Å². The van der Waals surface area contributed by atoms with Gasteiger partial charge in [-0.1, -0.05) is 0 Å². The largest absolute Gasteiger partial charge is 0.496 e. The first kappa shape index (κ1) is 12.7. The molecule has 1 aromatic carbocycles. The number of halogens is 1. The maximum absolute atomic E-state index is 8.53. The molecule has 0 aliphatic carbocycles. The maximum Gasteiger partial charge on any atom is 0.133 e. The molecule has 1 heterocycles. The molecular formula is C13H12BrN3O. The lowest BCUT2D eigenvalue weighted by Crippen LogP contribution is -1.87. The van der Waals surface area contributed by atoms with Gasteiger partial charge in [0.25, 0.3) is 0 Å². The summed E-state index contributed by atoms with van der Waals surface area (Å²) < 4.78 is 6.08. The number of methoxy groups -OCH3 is 1. The SMILES string of the molecule is COc1ccc(-c2cnc(CCC#N)[nH]2)cc1Br. The zero-order valence-electron chi connectivity index (χ0n) is 9.90. The molecule has 0 aliphatic heterocycles. The van der Waals surface area contributed by atoms with Crippen LogP contribution in [0.15, 0.2) is 28.9 Å². The molecule has 0 saturated heterocycles. The highest BCUT2D eigenvalue weighted by Gasteiger charge is 2.06. The second kappa shape index (κ2) is 5.69. The van der Waals surface area contributed by atoms with Crippen LogP contribution in [0.2, 0.25) is 0 Å². The lowest BCUT2D eigenvalue weighted by molar-refractivity contribution is 0.412. The minimum atomic E-state index is 0.471. The number of aromatic nitrogens is 2. The Bertz CT molecular complexity index is 586. The number of rotatable bonds is 4. The number of benzene rings is 1. The highest BCUT2D eigenvalue weighted by molar-refractivity contribution is 9.10. The normalized spacial score (nSPS) is 10.1. The first-order valence-corrected chi connectivity index (χ1v) is 6.28. The van der Waals surface area contributed by atoms with Crippen molar-refractivity contribution in [3.63, 3.8) is 0 Å². The number of H-pyrrole nitrogens is 1. The van der Waals surface area contributed by atoms with Gasteiger partial charge >= 0.3 is 0 Å². The van der Waals surface area contributed by atoms with Gasteiger partial charge in [-0.2, -0.15) is 5.26 Å². The topological polar surface area (TPSA) is 61.7 Å². The average molecular weight is 306 g/mol. The molecule has 0 unspecified atom stereocenters. The highest BCUT2D eigenvalue weighted by Crippen LogP contribution is 2.29. The number of hydrogen-bond donors (Lipinski definition) is 1. The summed E-state index contributed by atoms with van der Waals surface area (Å²) in [5.74, 6) is 1.63. The fourth-order valence-corrected chi connectivity index (χ4v) is 2.19. The summed E-state index contributed by atoms with van der Waals surface area (Å²) in [5.41, 5.74) is 1.96. The molecule has 2 rings (SSSR count). The number of hydrogen-bond acceptors (Lipinski definition) is 3. The van der Waals surface area contributed by atoms with E-state index < -0.39 is 0 Å². The van der Waals surface area contributed by atoms with Gasteiger partial charge in [-0.3, -0.25) is 0 Å². The first-order valence-electron chi connectivity index (χ1n) is 5.49. The van der Waals surface area contributed by atoms with Crippen LogP contribution < -0.4 is 4.74 Å². The highest BCUT2D eigenvalue weighted by atomic mass is 79.9. The van der Waals surface area contributed by atoms with Gasteiger partial charge in [-0.25, -0.2) is 4.98 Å². The van der Waals surface area contributed by atoms with E-state index in [1.807, 2.05) is 18.2 Å². The Morgan fingerprint density at radius 2 is 2.33 bits per heavy atom. The van der Waals surface area contributed by atoms with E-state index in [1.54, 1.807) is 13.3 Å². The molecule has 0 atom stereocenters. The first-order chi connectivity index (χ1) is 8.74. The summed E-state index contributed by atoms with van der Waals surface area (Å²) >= 11 is 3.45. The van der Waals surface area contributed by atoms with Gasteiger partial charge in [0, 0.05) is 18.4 Å². The molecule has 0 saturated carbocycles. The van der Waals surface area contributed by atoms with Gasteiger partial charge in [0.05, 0.1) is 29.5 Å². The number of aryl methyl sites for hydroxylation is 1. The Morgan fingerprint density at radius 3 is 3.00 bits per heavy atom. The van der Waals surface area contributed by atoms with Gasteiger partial charge in [0.15, 0.2) is 0 Å². The van der Waals surface area contributed by atoms with Crippen LogP contribution in [0, 0.1) is 11.3 Å². The third-order valence-corrected chi connectivity index (χ3v) is 3.18. The van der Waals surface area contributed by atoms with Gasteiger partial charge in [0.2, 0.25) is 0 Å². The summed E-state index contributed by atoms with van der Waals surface area (Å²) in [6.45, 7) is 0. The van der Waals surface area contributed by atoms with Crippen molar-refractivity contribution in [2.24, 2.45) is 0 Å². The molecule has 4 nitrogen and oxygen atoms in total. The van der Waals surface area contributed by atoms with E-state index in [4.69, 9.17) is 10.00 Å². The Kier molecular flexibility index (Phi) is 4.00. The number of nitrogens with one attached hydrogen (secondary N) is 1. The van der Waals surface area contributed by atoms with Gasteiger partial charge < -0.3 is 9.72 Å². The molecule has 1 N–H and O–H groups in total. The molecule has 5 heteroatoms. The molecule has 18 heavy (non-hydrogen) atoms. The number of imidazole rings is 1. The van der Waals surface area contributed by atoms with Gasteiger partial charge in [0.1, 0.15) is 11.6 Å². The number of nitriles is 1. The summed E-state index contributed by atoms with van der Waals surface area (Å²) in [7, 11) is 1.63. The molecular weight excluding hydrogens is 294 g/mol. The third-order valence-electron chi connectivity index (χ3n) is 2.56. The number of aromatic amines is 1. The summed E-state index contributed by atoms with van der Waals surface area (Å²) in [5, 5.41) is 8.53. The third kappa shape index (κ3) is 2.71. The number of ether oxygens (including phenoxy) is 1. The second-order valence-electron chi connectivity index (χ2n) is 3.75. The van der Waals surface area contributed by atoms with Crippen molar-refractivity contribution in [3.05, 3.63) is 34.7 Å². The molecule has 2 aromatic rings. The van der Waals surface area contributed by atoms with E-state index >= 15 is 0 Å². The molecule has 0 radical (unpaired) electrons. The van der Waals surface area contributed by atoms with Crippen LogP contribution in [-0.2, 0) is 6.42 Å². The Morgan fingerprint density at radius 1 is 1.50 bits per heavy atom. The summed E-state index contributed by atoms with van der Waals surface area (Å²) in [6, 6.07) is 7.94. The van der Waals surface area contributed by atoms with Crippen LogP contribution in [0.4, 0.5) is 0 Å². The van der Waals surface area contributed by atoms with E-state index in [2.05, 4.69) is 32.0 Å². The zero-order chi connectivity index (χ0) is 13.0. The van der Waals surface area contributed by atoms with Gasteiger partial charge in [-0.15, -0.1) is 0 Å². The van der Waals surface area contributed by atoms with Crippen LogP contribution in [0.1, 0.15) is 12.2 Å². The van der Waals surface area contributed by atoms with Crippen molar-refractivity contribution in [1.29, 1.82) is 5.26 Å². The van der Waals surface area contributed by atoms with Crippen LogP contribution >= 0.6 is 15.9 Å². The predicted octanol–water partition coefficient (Wildman–Crippen LogP) is 3.30. The maximum atomic E-state index is 8.53. The molecule has 0 fully saturated rings. The summed E-state index contributed by atoms with van der Waals surface area (Å²) in [6.07, 6.45) is 2.90. The van der Waals surface area contributed by atoms with E-state index in [-0.39, 0.29) is 0 Å². The van der Waals surface area contributed by atoms with Crippen LogP contribution in [0.3, 0.4) is 0 Å². The fraction of sp³-hybridized carbons (Fsp3) is 0.231. The average Bonchev–Trinajstić information content (AvgIpc) is 2.85. The van der Waals surface area contributed by atoms with Crippen LogP contribution in [0.5, 0.6) is 5.75 Å². The molecule has 0 bridgehead atoms. The molecule has 0 amide bonds. The minimum absolute atomic E-state index is 0.471. The van der Waals surface area contributed by atoms with Crippen molar-refractivity contribution < 1.29 is 4.74 Å². The minimum Gasteiger partial charge on any atom is -0.496 e. The Balaban J connectivity index is 2.23. The Labute approximate surface area is 114 Å². The Hall–Kier alpha value is -1.80. The summed E-state index contributed by atoms with van der Waals surface area (Å²) in [4.78, 5) is 7.45. The van der Waals surface area contributed by atoms with Crippen LogP contribution in [-0.4, -0.2) is 17.1 Å². The van der Waals surface area contributed by atoms with Crippen molar-refractivity contribution in [2.45, 2.75) is 12.8 Å². The van der Waals surface area contributed by atoms with Crippen molar-refractivity contribution in [1.82, 2.24) is 9.97 Å². The smallest absolute Gasteiger partial charge is 0.133 e. The van der Waals surface area contributed by atoms with Crippen LogP contribution in [0.25, 0.3) is 11.3 Å². The quantitative estimate of drug-likeness (QED) is 0.942. The predicted molar refractivity (Wildman–Crippen MR) is 72.2 cm³/mol. The molecule has 92 valence electrons. The lowest BCUT2D eigenvalue weighted by atomic mass is 10.1. The van der Waals surface area contributed by atoms with Gasteiger partial charge in [-0.05, 0) is 34.1 Å². The lowest BCUT2D eigenvalue weighted by Gasteiger charge is -2.04. The second-order valence-corrected chi connectivity index (χ2v) is 4.61. The molecule has 1 aromatic heterocycles. The number of nitrogens with zero attached hydrogens (tertiary/aromatic N) is 2. The molecule has 0 spiro atoms. The zero-order valence-corrected chi connectivity index (χ0v) is 11.5. The van der Waals surface area contributed by atoms with E-state index in [0.717, 1.165) is 27.3 Å².